The SMILES string of the molecule is CC(=O)Nc1ccc(S(=O)(=O)NNC(=O)CCC(=O)Nc2ccc(C)c(C)c2)cc1. The largest absolute Gasteiger partial charge is 0.326 e. The molecule has 2 rings (SSSR count). The average molecular weight is 433 g/mol. The predicted molar refractivity (Wildman–Crippen MR) is 113 cm³/mol. The van der Waals surface area contributed by atoms with Crippen LogP contribution in [0.2, 0.25) is 0 Å². The molecule has 0 radical (unpaired) electrons. The van der Waals surface area contributed by atoms with Crippen LogP contribution >= 0.6 is 0 Å². The lowest BCUT2D eigenvalue weighted by molar-refractivity contribution is -0.124. The Hall–Kier alpha value is -3.24. The minimum Gasteiger partial charge on any atom is -0.326 e. The van der Waals surface area contributed by atoms with E-state index < -0.39 is 15.9 Å². The van der Waals surface area contributed by atoms with Gasteiger partial charge in [0.1, 0.15) is 0 Å². The monoisotopic (exact) mass is 432 g/mol. The van der Waals surface area contributed by atoms with E-state index in [-0.39, 0.29) is 29.6 Å². The molecule has 0 heterocycles. The van der Waals surface area contributed by atoms with Gasteiger partial charge in [-0.25, -0.2) is 8.42 Å². The summed E-state index contributed by atoms with van der Waals surface area (Å²) in [5.74, 6) is -1.29. The van der Waals surface area contributed by atoms with E-state index in [0.29, 0.717) is 11.4 Å². The molecular weight excluding hydrogens is 408 g/mol. The summed E-state index contributed by atoms with van der Waals surface area (Å²) in [7, 11) is -3.99. The molecule has 0 aliphatic carbocycles. The molecule has 0 saturated heterocycles. The average Bonchev–Trinajstić information content (AvgIpc) is 2.68. The van der Waals surface area contributed by atoms with Crippen LogP contribution in [0.15, 0.2) is 47.4 Å². The van der Waals surface area contributed by atoms with Crippen molar-refractivity contribution >= 4 is 39.1 Å². The third-order valence-electron chi connectivity index (χ3n) is 4.18. The number of rotatable bonds is 8. The van der Waals surface area contributed by atoms with Crippen LogP contribution in [-0.4, -0.2) is 26.1 Å². The molecule has 0 spiro atoms. The fraction of sp³-hybridized carbons (Fsp3) is 0.250. The molecule has 0 atom stereocenters. The molecule has 30 heavy (non-hydrogen) atoms. The highest BCUT2D eigenvalue weighted by Crippen LogP contribution is 2.15. The molecule has 3 amide bonds. The highest BCUT2D eigenvalue weighted by molar-refractivity contribution is 7.89. The summed E-state index contributed by atoms with van der Waals surface area (Å²) >= 11 is 0. The maximum atomic E-state index is 12.2. The molecule has 0 fully saturated rings. The highest BCUT2D eigenvalue weighted by Gasteiger charge is 2.16. The van der Waals surface area contributed by atoms with Gasteiger partial charge in [-0.3, -0.25) is 19.8 Å². The zero-order chi connectivity index (χ0) is 22.3. The topological polar surface area (TPSA) is 133 Å². The van der Waals surface area contributed by atoms with E-state index in [0.717, 1.165) is 11.1 Å². The van der Waals surface area contributed by atoms with Gasteiger partial charge in [-0.05, 0) is 61.4 Å². The van der Waals surface area contributed by atoms with Crippen molar-refractivity contribution in [2.45, 2.75) is 38.5 Å². The molecule has 0 saturated carbocycles. The minimum atomic E-state index is -3.99. The number of hydrazine groups is 1. The lowest BCUT2D eigenvalue weighted by Gasteiger charge is -2.10. The van der Waals surface area contributed by atoms with Crippen LogP contribution < -0.4 is 20.9 Å². The molecule has 9 nitrogen and oxygen atoms in total. The van der Waals surface area contributed by atoms with Gasteiger partial charge in [-0.15, -0.1) is 4.83 Å². The molecule has 0 aliphatic rings. The Morgan fingerprint density at radius 2 is 1.40 bits per heavy atom. The Bertz CT molecular complexity index is 1050. The van der Waals surface area contributed by atoms with Crippen molar-refractivity contribution in [3.05, 3.63) is 53.6 Å². The van der Waals surface area contributed by atoms with Gasteiger partial charge in [0.05, 0.1) is 4.90 Å². The number of anilines is 2. The number of carbonyl (C=O) groups excluding carboxylic acids is 3. The number of nitrogens with one attached hydrogen (secondary N) is 4. The van der Waals surface area contributed by atoms with Crippen LogP contribution in [0.3, 0.4) is 0 Å². The molecule has 0 bridgehead atoms. The number of amides is 3. The van der Waals surface area contributed by atoms with E-state index >= 15 is 0 Å². The lowest BCUT2D eigenvalue weighted by atomic mass is 10.1. The van der Waals surface area contributed by atoms with Crippen LogP contribution in [0.4, 0.5) is 11.4 Å². The summed E-state index contributed by atoms with van der Waals surface area (Å²) in [5.41, 5.74) is 5.29. The molecule has 2 aromatic carbocycles. The Kier molecular flexibility index (Phi) is 7.67. The Morgan fingerprint density at radius 1 is 0.800 bits per heavy atom. The molecule has 0 aliphatic heterocycles. The first-order valence-electron chi connectivity index (χ1n) is 9.12. The summed E-state index contributed by atoms with van der Waals surface area (Å²) < 4.78 is 24.4. The summed E-state index contributed by atoms with van der Waals surface area (Å²) in [6.07, 6.45) is -0.299. The zero-order valence-corrected chi connectivity index (χ0v) is 17.7. The number of hydrogen-bond acceptors (Lipinski definition) is 5. The highest BCUT2D eigenvalue weighted by atomic mass is 32.2. The minimum absolute atomic E-state index is 0.0932. The van der Waals surface area contributed by atoms with Crippen molar-refractivity contribution in [2.24, 2.45) is 0 Å². The van der Waals surface area contributed by atoms with Crippen molar-refractivity contribution in [3.8, 4) is 0 Å². The Labute approximate surface area is 175 Å². The maximum absolute atomic E-state index is 12.2. The van der Waals surface area contributed by atoms with Crippen molar-refractivity contribution in [1.29, 1.82) is 0 Å². The van der Waals surface area contributed by atoms with Gasteiger partial charge in [0.15, 0.2) is 0 Å². The Balaban J connectivity index is 1.82. The number of aryl methyl sites for hydroxylation is 2. The summed E-state index contributed by atoms with van der Waals surface area (Å²) in [5, 5.41) is 5.22. The van der Waals surface area contributed by atoms with Crippen molar-refractivity contribution in [1.82, 2.24) is 10.3 Å². The van der Waals surface area contributed by atoms with E-state index in [2.05, 4.69) is 16.1 Å². The van der Waals surface area contributed by atoms with E-state index in [4.69, 9.17) is 0 Å². The van der Waals surface area contributed by atoms with E-state index in [9.17, 15) is 22.8 Å². The standard InChI is InChI=1S/C20H24N4O5S/c1-13-4-5-17(12-14(13)2)22-19(26)10-11-20(27)23-24-30(28,29)18-8-6-16(7-9-18)21-15(3)25/h4-9,12,24H,10-11H2,1-3H3,(H,21,25)(H,22,26)(H,23,27). The lowest BCUT2D eigenvalue weighted by Crippen LogP contribution is -2.41. The van der Waals surface area contributed by atoms with Gasteiger partial charge in [0.25, 0.3) is 10.0 Å². The number of benzene rings is 2. The van der Waals surface area contributed by atoms with E-state index in [1.54, 1.807) is 6.07 Å². The van der Waals surface area contributed by atoms with Crippen LogP contribution in [0.25, 0.3) is 0 Å². The Morgan fingerprint density at radius 3 is 2.00 bits per heavy atom. The first kappa shape index (κ1) is 23.0. The third kappa shape index (κ3) is 6.98. The van der Waals surface area contributed by atoms with Gasteiger partial charge in [0.2, 0.25) is 17.7 Å². The van der Waals surface area contributed by atoms with Crippen molar-refractivity contribution in [2.75, 3.05) is 10.6 Å². The quantitative estimate of drug-likeness (QED) is 0.474. The van der Waals surface area contributed by atoms with Crippen LogP contribution in [0, 0.1) is 13.8 Å². The van der Waals surface area contributed by atoms with Gasteiger partial charge >= 0.3 is 0 Å². The molecule has 10 heteroatoms. The molecular formula is C20H24N4O5S. The van der Waals surface area contributed by atoms with Gasteiger partial charge in [0, 0.05) is 31.1 Å². The zero-order valence-electron chi connectivity index (χ0n) is 16.9. The van der Waals surface area contributed by atoms with E-state index in [1.165, 1.54) is 31.2 Å². The van der Waals surface area contributed by atoms with Gasteiger partial charge in [-0.2, -0.15) is 0 Å². The summed E-state index contributed by atoms with van der Waals surface area (Å²) in [6.45, 7) is 5.23. The van der Waals surface area contributed by atoms with Crippen LogP contribution in [-0.2, 0) is 24.4 Å². The smallest absolute Gasteiger partial charge is 0.257 e. The van der Waals surface area contributed by atoms with Gasteiger partial charge in [-0.1, -0.05) is 6.07 Å². The second kappa shape index (κ2) is 9.99. The molecule has 0 unspecified atom stereocenters. The molecule has 2 aromatic rings. The summed E-state index contributed by atoms with van der Waals surface area (Å²) in [6, 6.07) is 10.9. The molecule has 4 N–H and O–H groups in total. The fourth-order valence-electron chi connectivity index (χ4n) is 2.44. The number of carbonyl (C=O) groups is 3. The molecule has 0 aromatic heterocycles. The second-order valence-corrected chi connectivity index (χ2v) is 8.39. The third-order valence-corrected chi connectivity index (χ3v) is 5.44. The number of hydrogen-bond donors (Lipinski definition) is 4. The van der Waals surface area contributed by atoms with Gasteiger partial charge < -0.3 is 10.6 Å². The maximum Gasteiger partial charge on any atom is 0.257 e. The second-order valence-electron chi connectivity index (χ2n) is 6.71. The first-order valence-corrected chi connectivity index (χ1v) is 10.6. The van der Waals surface area contributed by atoms with Crippen LogP contribution in [0.1, 0.15) is 30.9 Å². The molecule has 160 valence electrons. The fourth-order valence-corrected chi connectivity index (χ4v) is 3.30. The van der Waals surface area contributed by atoms with E-state index in [1.807, 2.05) is 30.8 Å². The summed E-state index contributed by atoms with van der Waals surface area (Å²) in [4.78, 5) is 36.7. The number of sulfonamides is 1. The van der Waals surface area contributed by atoms with Crippen molar-refractivity contribution < 1.29 is 22.8 Å². The first-order chi connectivity index (χ1) is 14.1. The van der Waals surface area contributed by atoms with Crippen molar-refractivity contribution in [3.63, 3.8) is 0 Å². The normalized spacial score (nSPS) is 10.9. The van der Waals surface area contributed by atoms with Crippen LogP contribution in [0.5, 0.6) is 0 Å². The predicted octanol–water partition coefficient (Wildman–Crippen LogP) is 1.99.